The number of rotatable bonds is 4. The molecule has 1 saturated heterocycles. The summed E-state index contributed by atoms with van der Waals surface area (Å²) in [5.41, 5.74) is 2.65. The van der Waals surface area contributed by atoms with E-state index in [4.69, 9.17) is 4.74 Å². The smallest absolute Gasteiger partial charge is 0.0755 e. The Morgan fingerprint density at radius 2 is 2.24 bits per heavy atom. The third-order valence-electron chi connectivity index (χ3n) is 3.42. The van der Waals surface area contributed by atoms with E-state index in [1.54, 1.807) is 0 Å². The zero-order chi connectivity index (χ0) is 12.3. The van der Waals surface area contributed by atoms with Crippen molar-refractivity contribution < 1.29 is 4.74 Å². The summed E-state index contributed by atoms with van der Waals surface area (Å²) >= 11 is 0. The zero-order valence-corrected chi connectivity index (χ0v) is 11.1. The van der Waals surface area contributed by atoms with Gasteiger partial charge in [-0.2, -0.15) is 0 Å². The molecule has 1 fully saturated rings. The molecule has 0 spiro atoms. The van der Waals surface area contributed by atoms with Gasteiger partial charge in [0, 0.05) is 12.2 Å². The normalized spacial score (nSPS) is 22.6. The van der Waals surface area contributed by atoms with Crippen LogP contribution >= 0.6 is 0 Å². The van der Waals surface area contributed by atoms with E-state index >= 15 is 0 Å². The Morgan fingerprint density at radius 1 is 1.41 bits per heavy atom. The molecule has 1 aromatic rings. The third-order valence-corrected chi connectivity index (χ3v) is 3.42. The van der Waals surface area contributed by atoms with Gasteiger partial charge in [-0.3, -0.25) is 0 Å². The number of nitrogens with one attached hydrogen (secondary N) is 1. The van der Waals surface area contributed by atoms with Crippen LogP contribution in [0.3, 0.4) is 0 Å². The van der Waals surface area contributed by atoms with Crippen molar-refractivity contribution in [1.29, 1.82) is 0 Å². The molecule has 2 heteroatoms. The van der Waals surface area contributed by atoms with Crippen LogP contribution in [0.25, 0.3) is 0 Å². The van der Waals surface area contributed by atoms with Crippen molar-refractivity contribution in [2.45, 2.75) is 51.7 Å². The second-order valence-corrected chi connectivity index (χ2v) is 5.47. The average Bonchev–Trinajstić information content (AvgIpc) is 2.67. The Labute approximate surface area is 104 Å². The molecule has 2 nitrogen and oxygen atoms in total. The van der Waals surface area contributed by atoms with Gasteiger partial charge in [-0.25, -0.2) is 0 Å². The van der Waals surface area contributed by atoms with Gasteiger partial charge in [-0.1, -0.05) is 19.1 Å². The second kappa shape index (κ2) is 5.09. The minimum Gasteiger partial charge on any atom is -0.382 e. The van der Waals surface area contributed by atoms with Gasteiger partial charge in [-0.15, -0.1) is 0 Å². The van der Waals surface area contributed by atoms with Crippen LogP contribution in [0, 0.1) is 0 Å². The fraction of sp³-hybridized carbons (Fsp3) is 0.600. The lowest BCUT2D eigenvalue weighted by atomic mass is 10.1. The number of aryl methyl sites for hydroxylation is 1. The maximum absolute atomic E-state index is 5.96. The summed E-state index contributed by atoms with van der Waals surface area (Å²) in [7, 11) is 0. The highest BCUT2D eigenvalue weighted by molar-refractivity contribution is 5.45. The summed E-state index contributed by atoms with van der Waals surface area (Å²) in [5, 5.41) is 3.47. The quantitative estimate of drug-likeness (QED) is 0.857. The molecule has 94 valence electrons. The van der Waals surface area contributed by atoms with Crippen molar-refractivity contribution in [3.63, 3.8) is 0 Å². The molecule has 0 amide bonds. The van der Waals surface area contributed by atoms with Gasteiger partial charge in [0.25, 0.3) is 0 Å². The highest BCUT2D eigenvalue weighted by Crippen LogP contribution is 2.29. The highest BCUT2D eigenvalue weighted by atomic mass is 16.5. The molecule has 1 heterocycles. The van der Waals surface area contributed by atoms with Crippen LogP contribution in [-0.4, -0.2) is 18.2 Å². The minimum atomic E-state index is 0.0671. The van der Waals surface area contributed by atoms with E-state index in [0.29, 0.717) is 6.10 Å². The van der Waals surface area contributed by atoms with Gasteiger partial charge in [0.1, 0.15) is 0 Å². The molecule has 0 saturated carbocycles. The van der Waals surface area contributed by atoms with Crippen molar-refractivity contribution in [2.75, 3.05) is 11.9 Å². The van der Waals surface area contributed by atoms with E-state index < -0.39 is 0 Å². The Bertz CT molecular complexity index is 373. The summed E-state index contributed by atoms with van der Waals surface area (Å²) in [4.78, 5) is 0. The average molecular weight is 233 g/mol. The zero-order valence-electron chi connectivity index (χ0n) is 11.1. The maximum atomic E-state index is 5.96. The second-order valence-electron chi connectivity index (χ2n) is 5.47. The molecule has 1 N–H and O–H groups in total. The van der Waals surface area contributed by atoms with E-state index in [9.17, 15) is 0 Å². The number of ether oxygens (including phenoxy) is 1. The van der Waals surface area contributed by atoms with Gasteiger partial charge in [0.15, 0.2) is 0 Å². The topological polar surface area (TPSA) is 21.3 Å². The van der Waals surface area contributed by atoms with Crippen molar-refractivity contribution in [3.8, 4) is 0 Å². The van der Waals surface area contributed by atoms with Crippen LogP contribution in [-0.2, 0) is 11.2 Å². The van der Waals surface area contributed by atoms with E-state index in [-0.39, 0.29) is 5.60 Å². The first kappa shape index (κ1) is 12.4. The number of benzene rings is 1. The SMILES string of the molecule is CCc1cccc(NCC2CCC(C)(C)O2)c1. The molecule has 2 rings (SSSR count). The monoisotopic (exact) mass is 233 g/mol. The number of hydrogen-bond donors (Lipinski definition) is 1. The molecular weight excluding hydrogens is 210 g/mol. The highest BCUT2D eigenvalue weighted by Gasteiger charge is 2.31. The van der Waals surface area contributed by atoms with Crippen LogP contribution in [0.1, 0.15) is 39.2 Å². The fourth-order valence-corrected chi connectivity index (χ4v) is 2.35. The van der Waals surface area contributed by atoms with Crippen molar-refractivity contribution >= 4 is 5.69 Å². The van der Waals surface area contributed by atoms with E-state index in [0.717, 1.165) is 25.8 Å². The number of anilines is 1. The summed E-state index contributed by atoms with van der Waals surface area (Å²) in [5.74, 6) is 0. The van der Waals surface area contributed by atoms with Crippen molar-refractivity contribution in [2.24, 2.45) is 0 Å². The largest absolute Gasteiger partial charge is 0.382 e. The molecule has 0 radical (unpaired) electrons. The molecule has 1 atom stereocenters. The molecule has 17 heavy (non-hydrogen) atoms. The van der Waals surface area contributed by atoms with Crippen LogP contribution < -0.4 is 5.32 Å². The Morgan fingerprint density at radius 3 is 2.88 bits per heavy atom. The van der Waals surface area contributed by atoms with Crippen LogP contribution in [0.15, 0.2) is 24.3 Å². The molecular formula is C15H23NO. The van der Waals surface area contributed by atoms with E-state index in [1.807, 2.05) is 0 Å². The Kier molecular flexibility index (Phi) is 3.72. The lowest BCUT2D eigenvalue weighted by Crippen LogP contribution is -2.24. The van der Waals surface area contributed by atoms with E-state index in [2.05, 4.69) is 50.4 Å². The predicted octanol–water partition coefficient (Wildman–Crippen LogP) is 3.62. The first-order valence-corrected chi connectivity index (χ1v) is 6.60. The van der Waals surface area contributed by atoms with Crippen molar-refractivity contribution in [1.82, 2.24) is 0 Å². The van der Waals surface area contributed by atoms with Crippen molar-refractivity contribution in [3.05, 3.63) is 29.8 Å². The van der Waals surface area contributed by atoms with Gasteiger partial charge in [0.2, 0.25) is 0 Å². The fourth-order valence-electron chi connectivity index (χ4n) is 2.35. The lowest BCUT2D eigenvalue weighted by molar-refractivity contribution is -0.00910. The van der Waals surface area contributed by atoms with E-state index in [1.165, 1.54) is 11.3 Å². The minimum absolute atomic E-state index is 0.0671. The molecule has 1 unspecified atom stereocenters. The van der Waals surface area contributed by atoms with Gasteiger partial charge < -0.3 is 10.1 Å². The van der Waals surface area contributed by atoms with Gasteiger partial charge in [0.05, 0.1) is 11.7 Å². The predicted molar refractivity (Wildman–Crippen MR) is 72.5 cm³/mol. The Balaban J connectivity index is 1.86. The molecule has 1 aliphatic rings. The van der Waals surface area contributed by atoms with Crippen LogP contribution in [0.2, 0.25) is 0 Å². The molecule has 1 aliphatic heterocycles. The molecule has 1 aromatic carbocycles. The standard InChI is InChI=1S/C15H23NO/c1-4-12-6-5-7-13(10-12)16-11-14-8-9-15(2,3)17-14/h5-7,10,14,16H,4,8-9,11H2,1-3H3. The molecule has 0 bridgehead atoms. The van der Waals surface area contributed by atoms with Gasteiger partial charge in [-0.05, 0) is 50.8 Å². The maximum Gasteiger partial charge on any atom is 0.0755 e. The third kappa shape index (κ3) is 3.47. The Hall–Kier alpha value is -1.02. The van der Waals surface area contributed by atoms with Gasteiger partial charge >= 0.3 is 0 Å². The first-order chi connectivity index (χ1) is 8.09. The summed E-state index contributed by atoms with van der Waals surface area (Å²) in [6.07, 6.45) is 3.76. The summed E-state index contributed by atoms with van der Waals surface area (Å²) in [6.45, 7) is 7.44. The first-order valence-electron chi connectivity index (χ1n) is 6.60. The lowest BCUT2D eigenvalue weighted by Gasteiger charge is -2.19. The summed E-state index contributed by atoms with van der Waals surface area (Å²) < 4.78 is 5.96. The number of hydrogen-bond acceptors (Lipinski definition) is 2. The molecule has 0 aromatic heterocycles. The van der Waals surface area contributed by atoms with Crippen LogP contribution in [0.5, 0.6) is 0 Å². The summed E-state index contributed by atoms with van der Waals surface area (Å²) in [6, 6.07) is 8.63. The van der Waals surface area contributed by atoms with Crippen LogP contribution in [0.4, 0.5) is 5.69 Å². The molecule has 0 aliphatic carbocycles.